The summed E-state index contributed by atoms with van der Waals surface area (Å²) < 4.78 is 16.2. The van der Waals surface area contributed by atoms with Crippen LogP contribution in [0.3, 0.4) is 0 Å². The Kier molecular flexibility index (Phi) is 6.98. The van der Waals surface area contributed by atoms with Gasteiger partial charge in [-0.1, -0.05) is 18.2 Å². The Morgan fingerprint density at radius 2 is 1.93 bits per heavy atom. The molecule has 0 amide bonds. The molecule has 1 aromatic carbocycles. The lowest BCUT2D eigenvalue weighted by molar-refractivity contribution is -0.136. The lowest BCUT2D eigenvalue weighted by atomic mass is 10.3. The van der Waals surface area contributed by atoms with E-state index in [-0.39, 0.29) is 29.9 Å². The number of aliphatic carboxylic acids is 1. The summed E-state index contributed by atoms with van der Waals surface area (Å²) in [5.41, 5.74) is 0. The minimum Gasteiger partial charge on any atom is -0.481 e. The van der Waals surface area contributed by atoms with Gasteiger partial charge >= 0.3 is 14.0 Å². The van der Waals surface area contributed by atoms with Crippen LogP contribution >= 0.6 is 8.03 Å². The van der Waals surface area contributed by atoms with Gasteiger partial charge in [-0.25, -0.2) is 0 Å². The molecule has 0 aromatic heterocycles. The third-order valence-electron chi connectivity index (χ3n) is 1.46. The maximum atomic E-state index is 11.2. The zero-order valence-corrected chi connectivity index (χ0v) is 8.31. The Balaban J connectivity index is 0.00000196. The van der Waals surface area contributed by atoms with Crippen LogP contribution in [0, 0.1) is 0 Å². The summed E-state index contributed by atoms with van der Waals surface area (Å²) in [5, 5.41) is 8.34. The molecule has 1 rings (SSSR count). The predicted molar refractivity (Wildman–Crippen MR) is 61.7 cm³/mol. The topological polar surface area (TPSA) is 63.6 Å². The number of benzene rings is 1. The summed E-state index contributed by atoms with van der Waals surface area (Å²) in [5.74, 6) is -0.469. The van der Waals surface area contributed by atoms with Crippen LogP contribution < -0.4 is 4.52 Å². The van der Waals surface area contributed by atoms with Crippen molar-refractivity contribution in [3.05, 3.63) is 30.3 Å². The van der Waals surface area contributed by atoms with Crippen molar-refractivity contribution >= 4 is 31.4 Å². The molecular formula is C9H13AlO4P+. The van der Waals surface area contributed by atoms with Gasteiger partial charge in [-0.2, -0.15) is 0 Å². The number of para-hydroxylation sites is 1. The summed E-state index contributed by atoms with van der Waals surface area (Å²) >= 11 is 0. The van der Waals surface area contributed by atoms with E-state index in [1.807, 2.05) is 6.07 Å². The molecule has 0 aliphatic carbocycles. The van der Waals surface area contributed by atoms with E-state index < -0.39 is 14.0 Å². The number of carboxylic acid groups (broad SMARTS) is 1. The average molecular weight is 243 g/mol. The maximum absolute atomic E-state index is 11.2. The highest BCUT2D eigenvalue weighted by molar-refractivity contribution is 7.39. The zero-order valence-electron chi connectivity index (χ0n) is 7.42. The first-order valence-corrected chi connectivity index (χ1v) is 5.44. The first kappa shape index (κ1) is 14.1. The summed E-state index contributed by atoms with van der Waals surface area (Å²) in [7, 11) is -1.92. The Bertz CT molecular complexity index is 328. The second kappa shape index (κ2) is 7.42. The number of rotatable bonds is 5. The molecule has 0 spiro atoms. The highest BCUT2D eigenvalue weighted by Crippen LogP contribution is 2.26. The van der Waals surface area contributed by atoms with Crippen LogP contribution in [-0.2, 0) is 9.36 Å². The van der Waals surface area contributed by atoms with E-state index in [1.165, 1.54) is 0 Å². The predicted octanol–water partition coefficient (Wildman–Crippen LogP) is 1.10. The molecule has 0 saturated carbocycles. The van der Waals surface area contributed by atoms with Gasteiger partial charge in [-0.15, -0.1) is 0 Å². The fourth-order valence-corrected chi connectivity index (χ4v) is 1.65. The van der Waals surface area contributed by atoms with E-state index in [2.05, 4.69) is 0 Å². The van der Waals surface area contributed by atoms with E-state index in [0.717, 1.165) is 0 Å². The van der Waals surface area contributed by atoms with E-state index >= 15 is 0 Å². The Morgan fingerprint density at radius 1 is 1.33 bits per heavy atom. The molecule has 0 aliphatic rings. The summed E-state index contributed by atoms with van der Waals surface area (Å²) in [6.45, 7) is 0. The van der Waals surface area contributed by atoms with Crippen molar-refractivity contribution in [3.63, 3.8) is 0 Å². The van der Waals surface area contributed by atoms with Gasteiger partial charge in [0.1, 0.15) is 0 Å². The van der Waals surface area contributed by atoms with Crippen LogP contribution in [-0.4, -0.2) is 34.6 Å². The fraction of sp³-hybridized carbons (Fsp3) is 0.222. The third-order valence-corrected chi connectivity index (χ3v) is 2.46. The van der Waals surface area contributed by atoms with Crippen LogP contribution in [0.25, 0.3) is 0 Å². The lowest BCUT2D eigenvalue weighted by Gasteiger charge is -1.91. The number of hydrogen-bond acceptors (Lipinski definition) is 3. The average Bonchev–Trinajstić information content (AvgIpc) is 2.16. The van der Waals surface area contributed by atoms with Crippen molar-refractivity contribution < 1.29 is 19.0 Å². The molecule has 1 aromatic rings. The standard InChI is InChI=1S/C9H9O4P.Al.3H/c10-9(11)6-7-14(12)13-8-4-2-1-3-5-8;;;;/h1-5H,6-7H2;;;;/p+1. The Labute approximate surface area is 99.3 Å². The molecular weight excluding hydrogens is 230 g/mol. The molecule has 0 radical (unpaired) electrons. The molecule has 6 heteroatoms. The second-order valence-electron chi connectivity index (χ2n) is 2.60. The first-order chi connectivity index (χ1) is 6.68. The highest BCUT2D eigenvalue weighted by Gasteiger charge is 2.20. The first-order valence-electron chi connectivity index (χ1n) is 4.08. The van der Waals surface area contributed by atoms with Gasteiger partial charge in [0, 0.05) is 0 Å². The fourth-order valence-electron chi connectivity index (χ4n) is 0.831. The monoisotopic (exact) mass is 243 g/mol. The molecule has 1 atom stereocenters. The minimum absolute atomic E-state index is 0. The van der Waals surface area contributed by atoms with Crippen LogP contribution in [0.4, 0.5) is 0 Å². The highest BCUT2D eigenvalue weighted by atomic mass is 31.1. The van der Waals surface area contributed by atoms with Gasteiger partial charge in [0.2, 0.25) is 0 Å². The molecule has 1 unspecified atom stereocenters. The molecule has 0 fully saturated rings. The van der Waals surface area contributed by atoms with Crippen LogP contribution in [0.5, 0.6) is 5.75 Å². The number of carbonyl (C=O) groups is 1. The number of hydrogen-bond donors (Lipinski definition) is 1. The van der Waals surface area contributed by atoms with Gasteiger partial charge < -0.3 is 5.11 Å². The largest absolute Gasteiger partial charge is 0.556 e. The quantitative estimate of drug-likeness (QED) is 0.621. The normalized spacial score (nSPS) is 10.0. The van der Waals surface area contributed by atoms with Gasteiger partial charge in [0.25, 0.3) is 0 Å². The van der Waals surface area contributed by atoms with E-state index in [0.29, 0.717) is 5.75 Å². The van der Waals surface area contributed by atoms with Crippen molar-refractivity contribution in [2.75, 3.05) is 6.16 Å². The molecule has 1 N–H and O–H groups in total. The van der Waals surface area contributed by atoms with E-state index in [4.69, 9.17) is 9.63 Å². The molecule has 0 bridgehead atoms. The van der Waals surface area contributed by atoms with Gasteiger partial charge in [-0.05, 0) is 16.7 Å². The minimum atomic E-state index is -1.92. The van der Waals surface area contributed by atoms with Crippen molar-refractivity contribution in [1.29, 1.82) is 0 Å². The molecule has 0 saturated heterocycles. The smallest absolute Gasteiger partial charge is 0.481 e. The molecule has 0 aliphatic heterocycles. The van der Waals surface area contributed by atoms with Gasteiger partial charge in [0.05, 0.1) is 6.42 Å². The number of carboxylic acids is 1. The van der Waals surface area contributed by atoms with E-state index in [9.17, 15) is 9.36 Å². The van der Waals surface area contributed by atoms with Gasteiger partial charge in [0.15, 0.2) is 29.3 Å². The zero-order chi connectivity index (χ0) is 10.4. The summed E-state index contributed by atoms with van der Waals surface area (Å²) in [6, 6.07) is 8.69. The van der Waals surface area contributed by atoms with Crippen LogP contribution in [0.1, 0.15) is 6.42 Å². The molecule has 80 valence electrons. The summed E-state index contributed by atoms with van der Waals surface area (Å²) in [6.07, 6.45) is -0.0956. The molecule has 15 heavy (non-hydrogen) atoms. The van der Waals surface area contributed by atoms with E-state index in [1.54, 1.807) is 24.3 Å². The Hall–Kier alpha value is -0.878. The third kappa shape index (κ3) is 6.25. The second-order valence-corrected chi connectivity index (χ2v) is 3.90. The SMILES string of the molecule is O=C(O)CC[P+](=O)Oc1ccccc1.[AlH3]. The van der Waals surface area contributed by atoms with Crippen molar-refractivity contribution in [2.45, 2.75) is 6.42 Å². The molecule has 0 heterocycles. The van der Waals surface area contributed by atoms with Crippen LogP contribution in [0.15, 0.2) is 30.3 Å². The van der Waals surface area contributed by atoms with Crippen molar-refractivity contribution in [2.24, 2.45) is 0 Å². The maximum Gasteiger partial charge on any atom is 0.556 e. The summed E-state index contributed by atoms with van der Waals surface area (Å²) in [4.78, 5) is 10.2. The van der Waals surface area contributed by atoms with Crippen molar-refractivity contribution in [1.82, 2.24) is 0 Å². The van der Waals surface area contributed by atoms with Crippen LogP contribution in [0.2, 0.25) is 0 Å². The van der Waals surface area contributed by atoms with Crippen molar-refractivity contribution in [3.8, 4) is 5.75 Å². The lowest BCUT2D eigenvalue weighted by Crippen LogP contribution is -1.97. The Morgan fingerprint density at radius 3 is 2.47 bits per heavy atom. The van der Waals surface area contributed by atoms with Gasteiger partial charge in [-0.3, -0.25) is 9.32 Å². The molecule has 4 nitrogen and oxygen atoms in total.